The lowest BCUT2D eigenvalue weighted by Crippen LogP contribution is -2.24. The Hall–Kier alpha value is -2.78. The molecule has 0 aliphatic carbocycles. The number of benzene rings is 3. The molecule has 126 valence electrons. The quantitative estimate of drug-likeness (QED) is 0.689. The van der Waals surface area contributed by atoms with Gasteiger partial charge in [0.25, 0.3) is 5.91 Å². The predicted molar refractivity (Wildman–Crippen MR) is 99.8 cm³/mol. The number of para-hydroxylation sites is 1. The summed E-state index contributed by atoms with van der Waals surface area (Å²) in [6.07, 6.45) is 0. The molecule has 1 N–H and O–H groups in total. The third-order valence-electron chi connectivity index (χ3n) is 3.80. The second kappa shape index (κ2) is 8.36. The Morgan fingerprint density at radius 2 is 1.48 bits per heavy atom. The molecule has 0 radical (unpaired) electrons. The van der Waals surface area contributed by atoms with Crippen LogP contribution >= 0.6 is 11.6 Å². The SMILES string of the molecule is O=C(NCc1ccccc1Cl)c1ccccc1COc1ccccc1. The summed E-state index contributed by atoms with van der Waals surface area (Å²) in [5.74, 6) is 0.626. The average Bonchev–Trinajstić information content (AvgIpc) is 2.66. The van der Waals surface area contributed by atoms with Gasteiger partial charge in [-0.1, -0.05) is 66.2 Å². The van der Waals surface area contributed by atoms with Gasteiger partial charge >= 0.3 is 0 Å². The monoisotopic (exact) mass is 351 g/mol. The maximum absolute atomic E-state index is 12.6. The third-order valence-corrected chi connectivity index (χ3v) is 4.17. The van der Waals surface area contributed by atoms with E-state index in [1.54, 1.807) is 6.07 Å². The van der Waals surface area contributed by atoms with Crippen molar-refractivity contribution < 1.29 is 9.53 Å². The standard InChI is InChI=1S/C21H18ClNO2/c22-20-13-7-5-8-16(20)14-23-21(24)19-12-6-4-9-17(19)15-25-18-10-2-1-3-11-18/h1-13H,14-15H2,(H,23,24). The van der Waals surface area contributed by atoms with Crippen LogP contribution in [-0.2, 0) is 13.2 Å². The molecule has 0 aromatic heterocycles. The van der Waals surface area contributed by atoms with E-state index < -0.39 is 0 Å². The minimum Gasteiger partial charge on any atom is -0.489 e. The topological polar surface area (TPSA) is 38.3 Å². The normalized spacial score (nSPS) is 10.3. The molecule has 0 saturated heterocycles. The molecule has 0 aliphatic rings. The summed E-state index contributed by atoms with van der Waals surface area (Å²) in [5.41, 5.74) is 2.32. The fraction of sp³-hybridized carbons (Fsp3) is 0.0952. The Morgan fingerprint density at radius 3 is 2.24 bits per heavy atom. The Kier molecular flexibility index (Phi) is 5.70. The molecule has 3 nitrogen and oxygen atoms in total. The first kappa shape index (κ1) is 17.1. The van der Waals surface area contributed by atoms with Crippen molar-refractivity contribution in [2.45, 2.75) is 13.2 Å². The predicted octanol–water partition coefficient (Wildman–Crippen LogP) is 4.85. The molecule has 0 spiro atoms. The largest absolute Gasteiger partial charge is 0.489 e. The van der Waals surface area contributed by atoms with E-state index in [9.17, 15) is 4.79 Å². The Bertz CT molecular complexity index is 849. The molecule has 0 unspecified atom stereocenters. The average molecular weight is 352 g/mol. The van der Waals surface area contributed by atoms with Gasteiger partial charge in [0.2, 0.25) is 0 Å². The maximum atomic E-state index is 12.6. The molecule has 3 aromatic rings. The highest BCUT2D eigenvalue weighted by Crippen LogP contribution is 2.17. The van der Waals surface area contributed by atoms with E-state index in [2.05, 4.69) is 5.32 Å². The van der Waals surface area contributed by atoms with Crippen LogP contribution in [0.1, 0.15) is 21.5 Å². The van der Waals surface area contributed by atoms with E-state index in [1.165, 1.54) is 0 Å². The Balaban J connectivity index is 1.67. The lowest BCUT2D eigenvalue weighted by molar-refractivity contribution is 0.0948. The number of ether oxygens (including phenoxy) is 1. The van der Waals surface area contributed by atoms with Crippen molar-refractivity contribution in [1.29, 1.82) is 0 Å². The Labute approximate surface area is 152 Å². The molecule has 3 aromatic carbocycles. The van der Waals surface area contributed by atoms with E-state index >= 15 is 0 Å². The van der Waals surface area contributed by atoms with Gasteiger partial charge in [-0.05, 0) is 29.8 Å². The summed E-state index contributed by atoms with van der Waals surface area (Å²) in [4.78, 5) is 12.6. The summed E-state index contributed by atoms with van der Waals surface area (Å²) in [6.45, 7) is 0.714. The van der Waals surface area contributed by atoms with Gasteiger partial charge in [0.1, 0.15) is 12.4 Å². The van der Waals surface area contributed by atoms with Gasteiger partial charge in [-0.2, -0.15) is 0 Å². The molecule has 1 amide bonds. The van der Waals surface area contributed by atoms with Crippen LogP contribution in [0.3, 0.4) is 0 Å². The molecule has 0 saturated carbocycles. The molecule has 3 rings (SSSR count). The molecule has 4 heteroatoms. The highest BCUT2D eigenvalue weighted by Gasteiger charge is 2.11. The van der Waals surface area contributed by atoms with Crippen LogP contribution in [0.25, 0.3) is 0 Å². The zero-order chi connectivity index (χ0) is 17.5. The number of carbonyl (C=O) groups excluding carboxylic acids is 1. The third kappa shape index (κ3) is 4.61. The molecule has 0 atom stereocenters. The maximum Gasteiger partial charge on any atom is 0.251 e. The van der Waals surface area contributed by atoms with Crippen LogP contribution in [0.4, 0.5) is 0 Å². The smallest absolute Gasteiger partial charge is 0.251 e. The van der Waals surface area contributed by atoms with Crippen LogP contribution in [0.15, 0.2) is 78.9 Å². The highest BCUT2D eigenvalue weighted by atomic mass is 35.5. The van der Waals surface area contributed by atoms with Crippen molar-refractivity contribution >= 4 is 17.5 Å². The van der Waals surface area contributed by atoms with Crippen LogP contribution in [0.2, 0.25) is 5.02 Å². The van der Waals surface area contributed by atoms with Gasteiger partial charge in [0, 0.05) is 22.7 Å². The zero-order valence-corrected chi connectivity index (χ0v) is 14.4. The molecule has 25 heavy (non-hydrogen) atoms. The van der Waals surface area contributed by atoms with Gasteiger partial charge in [-0.3, -0.25) is 4.79 Å². The number of carbonyl (C=O) groups is 1. The Morgan fingerprint density at radius 1 is 0.840 bits per heavy atom. The minimum atomic E-state index is -0.146. The molecular weight excluding hydrogens is 334 g/mol. The summed E-state index contributed by atoms with van der Waals surface area (Å²) >= 11 is 6.13. The van der Waals surface area contributed by atoms with E-state index in [4.69, 9.17) is 16.3 Å². The lowest BCUT2D eigenvalue weighted by Gasteiger charge is -2.12. The van der Waals surface area contributed by atoms with Gasteiger partial charge in [0.15, 0.2) is 0 Å². The fourth-order valence-electron chi connectivity index (χ4n) is 2.46. The van der Waals surface area contributed by atoms with Gasteiger partial charge in [-0.15, -0.1) is 0 Å². The molecule has 0 fully saturated rings. The first-order valence-corrected chi connectivity index (χ1v) is 8.39. The van der Waals surface area contributed by atoms with Crippen molar-refractivity contribution in [3.05, 3.63) is 101 Å². The van der Waals surface area contributed by atoms with E-state index in [1.807, 2.05) is 72.8 Å². The minimum absolute atomic E-state index is 0.146. The van der Waals surface area contributed by atoms with Gasteiger partial charge < -0.3 is 10.1 Å². The van der Waals surface area contributed by atoms with Crippen LogP contribution in [-0.4, -0.2) is 5.91 Å². The van der Waals surface area contributed by atoms with E-state index in [0.717, 1.165) is 16.9 Å². The van der Waals surface area contributed by atoms with Gasteiger partial charge in [-0.25, -0.2) is 0 Å². The van der Waals surface area contributed by atoms with Gasteiger partial charge in [0.05, 0.1) is 0 Å². The molecule has 0 aliphatic heterocycles. The fourth-order valence-corrected chi connectivity index (χ4v) is 2.66. The first-order chi connectivity index (χ1) is 12.2. The van der Waals surface area contributed by atoms with Crippen molar-refractivity contribution in [1.82, 2.24) is 5.32 Å². The van der Waals surface area contributed by atoms with Crippen LogP contribution in [0, 0.1) is 0 Å². The number of halogens is 1. The van der Waals surface area contributed by atoms with Crippen LogP contribution in [0.5, 0.6) is 5.75 Å². The second-order valence-electron chi connectivity index (χ2n) is 5.53. The molecular formula is C21H18ClNO2. The van der Waals surface area contributed by atoms with Crippen molar-refractivity contribution in [3.8, 4) is 5.75 Å². The second-order valence-corrected chi connectivity index (χ2v) is 5.94. The zero-order valence-electron chi connectivity index (χ0n) is 13.6. The highest BCUT2D eigenvalue weighted by molar-refractivity contribution is 6.31. The molecule has 0 bridgehead atoms. The summed E-state index contributed by atoms with van der Waals surface area (Å²) in [7, 11) is 0. The van der Waals surface area contributed by atoms with E-state index in [-0.39, 0.29) is 5.91 Å². The number of nitrogens with one attached hydrogen (secondary N) is 1. The van der Waals surface area contributed by atoms with Crippen LogP contribution < -0.4 is 10.1 Å². The number of rotatable bonds is 6. The lowest BCUT2D eigenvalue weighted by atomic mass is 10.1. The summed E-state index contributed by atoms with van der Waals surface area (Å²) in [6, 6.07) is 24.4. The van der Waals surface area contributed by atoms with Crippen molar-refractivity contribution in [3.63, 3.8) is 0 Å². The first-order valence-electron chi connectivity index (χ1n) is 8.01. The summed E-state index contributed by atoms with van der Waals surface area (Å²) < 4.78 is 5.76. The number of amides is 1. The molecule has 0 heterocycles. The number of hydrogen-bond donors (Lipinski definition) is 1. The van der Waals surface area contributed by atoms with Crippen molar-refractivity contribution in [2.75, 3.05) is 0 Å². The number of hydrogen-bond acceptors (Lipinski definition) is 2. The summed E-state index contributed by atoms with van der Waals surface area (Å²) in [5, 5.41) is 3.56. The van der Waals surface area contributed by atoms with E-state index in [0.29, 0.717) is 23.7 Å². The van der Waals surface area contributed by atoms with Crippen molar-refractivity contribution in [2.24, 2.45) is 0 Å².